The third kappa shape index (κ3) is 3.82. The van der Waals surface area contributed by atoms with Crippen molar-refractivity contribution in [1.29, 1.82) is 0 Å². The molecule has 2 aromatic rings. The number of primary amides is 1. The van der Waals surface area contributed by atoms with Crippen LogP contribution >= 0.6 is 0 Å². The molecule has 0 bridgehead atoms. The summed E-state index contributed by atoms with van der Waals surface area (Å²) in [5.74, 6) is -1.11. The van der Waals surface area contributed by atoms with E-state index in [1.807, 2.05) is 0 Å². The number of hydrogen-bond acceptors (Lipinski definition) is 9. The highest BCUT2D eigenvalue weighted by molar-refractivity contribution is 6.22. The molecule has 3 aliphatic carbocycles. The van der Waals surface area contributed by atoms with Gasteiger partial charge >= 0.3 is 0 Å². The van der Waals surface area contributed by atoms with E-state index in [1.165, 1.54) is 12.1 Å². The zero-order chi connectivity index (χ0) is 28.4. The second kappa shape index (κ2) is 8.92. The van der Waals surface area contributed by atoms with E-state index in [9.17, 15) is 39.9 Å². The van der Waals surface area contributed by atoms with E-state index in [2.05, 4.69) is 11.8 Å². The summed E-state index contributed by atoms with van der Waals surface area (Å²) in [6, 6.07) is 7.89. The molecule has 200 valence electrons. The summed E-state index contributed by atoms with van der Waals surface area (Å²) in [5.41, 5.74) is 3.32. The fraction of sp³-hybridized carbons (Fsp3) is 0.276. The second-order valence-corrected chi connectivity index (χ2v) is 10.2. The van der Waals surface area contributed by atoms with E-state index in [1.54, 1.807) is 37.2 Å². The fourth-order valence-electron chi connectivity index (χ4n) is 5.89. The number of benzene rings is 2. The quantitative estimate of drug-likeness (QED) is 0.248. The minimum absolute atomic E-state index is 0.0205. The SMILES string of the molecule is CN(C)c1cc(C#Cc2cccc(O)c2)c(O)c2c1CC1CC3CC(=O)C(C(N)=O)=C(O)C3(O)C(=O)C1=C2O. The van der Waals surface area contributed by atoms with Crippen molar-refractivity contribution in [2.24, 2.45) is 17.6 Å². The molecule has 10 nitrogen and oxygen atoms in total. The number of aliphatic hydroxyl groups excluding tert-OH is 2. The molecular weight excluding hydrogens is 504 g/mol. The van der Waals surface area contributed by atoms with Gasteiger partial charge in [0.25, 0.3) is 5.91 Å². The zero-order valence-corrected chi connectivity index (χ0v) is 21.1. The van der Waals surface area contributed by atoms with Crippen molar-refractivity contribution in [3.05, 3.63) is 69.5 Å². The van der Waals surface area contributed by atoms with E-state index < -0.39 is 52.0 Å². The molecule has 0 heterocycles. The molecule has 0 aromatic heterocycles. The maximum atomic E-state index is 13.7. The Kier molecular flexibility index (Phi) is 5.92. The lowest BCUT2D eigenvalue weighted by molar-refractivity contribution is -0.147. The summed E-state index contributed by atoms with van der Waals surface area (Å²) in [7, 11) is 3.54. The molecular formula is C29H26N2O8. The van der Waals surface area contributed by atoms with Crippen LogP contribution in [0.15, 0.2) is 47.2 Å². The van der Waals surface area contributed by atoms with Crippen LogP contribution in [0, 0.1) is 23.7 Å². The second-order valence-electron chi connectivity index (χ2n) is 10.2. The molecule has 5 rings (SSSR count). The average molecular weight is 531 g/mol. The van der Waals surface area contributed by atoms with Gasteiger partial charge in [0.1, 0.15) is 28.6 Å². The number of phenolic OH excluding ortho intramolecular Hbond substituents is 2. The van der Waals surface area contributed by atoms with E-state index in [0.717, 1.165) is 0 Å². The van der Waals surface area contributed by atoms with Crippen LogP contribution in [0.4, 0.5) is 5.69 Å². The predicted octanol–water partition coefficient (Wildman–Crippen LogP) is 1.60. The Labute approximate surface area is 223 Å². The molecule has 1 amide bonds. The van der Waals surface area contributed by atoms with E-state index in [4.69, 9.17) is 5.73 Å². The van der Waals surface area contributed by atoms with Gasteiger partial charge in [-0.2, -0.15) is 0 Å². The lowest BCUT2D eigenvalue weighted by atomic mass is 9.59. The van der Waals surface area contributed by atoms with Crippen LogP contribution in [0.3, 0.4) is 0 Å². The Morgan fingerprint density at radius 1 is 1.08 bits per heavy atom. The number of rotatable bonds is 2. The number of Topliss-reactive ketones (excluding diaryl/α,β-unsaturated/α-hetero) is 2. The van der Waals surface area contributed by atoms with Crippen molar-refractivity contribution in [2.75, 3.05) is 19.0 Å². The van der Waals surface area contributed by atoms with Gasteiger partial charge in [-0.15, -0.1) is 0 Å². The lowest BCUT2D eigenvalue weighted by Crippen LogP contribution is -2.58. The first kappa shape index (κ1) is 25.9. The van der Waals surface area contributed by atoms with Crippen LogP contribution in [0.25, 0.3) is 5.76 Å². The Morgan fingerprint density at radius 3 is 2.44 bits per heavy atom. The minimum atomic E-state index is -2.62. The molecule has 10 heteroatoms. The molecule has 3 aliphatic rings. The molecule has 1 saturated carbocycles. The number of aromatic hydroxyl groups is 2. The summed E-state index contributed by atoms with van der Waals surface area (Å²) >= 11 is 0. The van der Waals surface area contributed by atoms with Crippen molar-refractivity contribution in [3.8, 4) is 23.3 Å². The first-order valence-electron chi connectivity index (χ1n) is 12.2. The van der Waals surface area contributed by atoms with Crippen molar-refractivity contribution in [3.63, 3.8) is 0 Å². The Bertz CT molecular complexity index is 1610. The first-order chi connectivity index (χ1) is 18.4. The van der Waals surface area contributed by atoms with Crippen LogP contribution in [0.1, 0.15) is 35.1 Å². The number of nitrogens with two attached hydrogens (primary N) is 1. The van der Waals surface area contributed by atoms with E-state index in [-0.39, 0.29) is 47.5 Å². The highest BCUT2D eigenvalue weighted by Gasteiger charge is 2.60. The van der Waals surface area contributed by atoms with E-state index in [0.29, 0.717) is 16.8 Å². The van der Waals surface area contributed by atoms with Crippen LogP contribution in [0.5, 0.6) is 11.5 Å². The molecule has 0 saturated heterocycles. The van der Waals surface area contributed by atoms with Gasteiger partial charge in [-0.3, -0.25) is 14.4 Å². The van der Waals surface area contributed by atoms with Gasteiger partial charge < -0.3 is 36.2 Å². The monoisotopic (exact) mass is 530 g/mol. The predicted molar refractivity (Wildman–Crippen MR) is 140 cm³/mol. The van der Waals surface area contributed by atoms with Crippen molar-refractivity contribution < 1.29 is 39.9 Å². The number of phenols is 2. The van der Waals surface area contributed by atoms with Crippen molar-refractivity contribution in [1.82, 2.24) is 0 Å². The third-order valence-electron chi connectivity index (χ3n) is 7.71. The van der Waals surface area contributed by atoms with Gasteiger partial charge in [0, 0.05) is 43.3 Å². The third-order valence-corrected chi connectivity index (χ3v) is 7.71. The lowest BCUT2D eigenvalue weighted by Gasteiger charge is -2.46. The van der Waals surface area contributed by atoms with Gasteiger partial charge in [-0.1, -0.05) is 17.9 Å². The van der Waals surface area contributed by atoms with Gasteiger partial charge in [0.2, 0.25) is 5.78 Å². The van der Waals surface area contributed by atoms with E-state index >= 15 is 0 Å². The Hall–Kier alpha value is -4.75. The first-order valence-corrected chi connectivity index (χ1v) is 12.2. The summed E-state index contributed by atoms with van der Waals surface area (Å²) in [4.78, 5) is 39.8. The number of fused-ring (bicyclic) bond motifs is 3. The number of carbonyl (C=O) groups excluding carboxylic acids is 3. The summed E-state index contributed by atoms with van der Waals surface area (Å²) in [6.07, 6.45) is -0.136. The van der Waals surface area contributed by atoms with Crippen molar-refractivity contribution >= 4 is 28.9 Å². The number of hydrogen-bond donors (Lipinski definition) is 6. The molecule has 3 atom stereocenters. The van der Waals surface area contributed by atoms with Crippen LogP contribution in [-0.2, 0) is 20.8 Å². The maximum Gasteiger partial charge on any atom is 0.255 e. The average Bonchev–Trinajstić information content (AvgIpc) is 2.85. The molecule has 0 spiro atoms. The molecule has 1 fully saturated rings. The number of aliphatic hydroxyl groups is 3. The van der Waals surface area contributed by atoms with Gasteiger partial charge in [0.05, 0.1) is 11.1 Å². The largest absolute Gasteiger partial charge is 0.508 e. The zero-order valence-electron chi connectivity index (χ0n) is 21.1. The number of ketones is 2. The number of carbonyl (C=O) groups is 3. The molecule has 2 aromatic carbocycles. The van der Waals surface area contributed by atoms with Crippen LogP contribution in [-0.4, -0.2) is 62.7 Å². The molecule has 0 radical (unpaired) electrons. The summed E-state index contributed by atoms with van der Waals surface area (Å²) in [5, 5.41) is 54.4. The number of nitrogens with zero attached hydrogens (tertiary/aromatic N) is 1. The molecule has 39 heavy (non-hydrogen) atoms. The Balaban J connectivity index is 1.70. The molecule has 3 unspecified atom stereocenters. The van der Waals surface area contributed by atoms with Gasteiger partial charge in [-0.05, 0) is 48.6 Å². The fourth-order valence-corrected chi connectivity index (χ4v) is 5.89. The highest BCUT2D eigenvalue weighted by atomic mass is 16.3. The molecule has 0 aliphatic heterocycles. The van der Waals surface area contributed by atoms with Crippen LogP contribution in [0.2, 0.25) is 0 Å². The minimum Gasteiger partial charge on any atom is -0.508 e. The normalized spacial score (nSPS) is 23.9. The number of amides is 1. The standard InChI is InChI=1S/C29H26N2O8/c1-31(2)19-11-14(7-6-13-4-3-5-17(32)8-13)24(34)22-18(19)10-15-9-16-12-20(33)23(28(30)38)27(37)29(16,39)26(36)21(15)25(22)35/h3-5,8,11,15-16,32,34-35,37,39H,9-10,12H2,1-2H3,(H2,30,38). The highest BCUT2D eigenvalue weighted by Crippen LogP contribution is 2.53. The van der Waals surface area contributed by atoms with Gasteiger partial charge in [0.15, 0.2) is 11.4 Å². The molecule has 7 N–H and O–H groups in total. The van der Waals surface area contributed by atoms with Gasteiger partial charge in [-0.25, -0.2) is 0 Å². The Morgan fingerprint density at radius 2 is 1.79 bits per heavy atom. The maximum absolute atomic E-state index is 13.7. The smallest absolute Gasteiger partial charge is 0.255 e. The van der Waals surface area contributed by atoms with Crippen LogP contribution < -0.4 is 10.6 Å². The topological polar surface area (TPSA) is 182 Å². The van der Waals surface area contributed by atoms with Crippen molar-refractivity contribution in [2.45, 2.75) is 24.9 Å². The summed E-state index contributed by atoms with van der Waals surface area (Å²) in [6.45, 7) is 0. The summed E-state index contributed by atoms with van der Waals surface area (Å²) < 4.78 is 0. The number of anilines is 1.